The maximum Gasteiger partial charge on any atom is 0.278 e. The van der Waals surface area contributed by atoms with Crippen LogP contribution in [0.4, 0.5) is 15.8 Å². The zero-order valence-electron chi connectivity index (χ0n) is 13.6. The second-order valence-electron chi connectivity index (χ2n) is 5.47. The van der Waals surface area contributed by atoms with Gasteiger partial charge in [-0.1, -0.05) is 12.1 Å². The summed E-state index contributed by atoms with van der Waals surface area (Å²) in [7, 11) is 0. The molecule has 0 spiro atoms. The predicted molar refractivity (Wildman–Crippen MR) is 95.6 cm³/mol. The van der Waals surface area contributed by atoms with E-state index in [2.05, 4.69) is 15.6 Å². The number of non-ortho nitro benzene ring substituents is 1. The molecule has 0 fully saturated rings. The molecule has 1 heterocycles. The summed E-state index contributed by atoms with van der Waals surface area (Å²) in [6.07, 6.45) is 3.00. The van der Waals surface area contributed by atoms with E-state index in [-0.39, 0.29) is 17.8 Å². The minimum atomic E-state index is -0.577. The lowest BCUT2D eigenvalue weighted by Gasteiger charge is -2.11. The zero-order valence-corrected chi connectivity index (χ0v) is 13.6. The number of carbonyl (C=O) groups is 1. The number of benzene rings is 2. The number of nitrogens with one attached hydrogen (secondary N) is 2. The molecule has 0 saturated carbocycles. The quantitative estimate of drug-likeness (QED) is 0.403. The van der Waals surface area contributed by atoms with E-state index in [0.29, 0.717) is 23.0 Å². The average molecular weight is 354 g/mol. The molecule has 0 aliphatic heterocycles. The second kappa shape index (κ2) is 7.56. The van der Waals surface area contributed by atoms with Gasteiger partial charge in [-0.3, -0.25) is 19.9 Å². The largest absolute Gasteiger partial charge is 0.383 e. The van der Waals surface area contributed by atoms with Crippen LogP contribution in [0.3, 0.4) is 0 Å². The Morgan fingerprint density at radius 3 is 2.69 bits per heavy atom. The van der Waals surface area contributed by atoms with E-state index in [1.54, 1.807) is 24.4 Å². The molecule has 0 radical (unpaired) electrons. The fraction of sp³-hybridized carbons (Fsp3) is 0.111. The second-order valence-corrected chi connectivity index (χ2v) is 5.47. The maximum atomic E-state index is 13.6. The highest BCUT2D eigenvalue weighted by atomic mass is 19.1. The molecule has 0 aliphatic carbocycles. The average Bonchev–Trinajstić information content (AvgIpc) is 2.65. The van der Waals surface area contributed by atoms with Gasteiger partial charge in [-0.15, -0.1) is 0 Å². The Bertz CT molecular complexity index is 978. The number of hydrogen-bond acceptors (Lipinski definition) is 5. The topological polar surface area (TPSA) is 97.2 Å². The van der Waals surface area contributed by atoms with Gasteiger partial charge in [0.25, 0.3) is 11.6 Å². The number of nitro groups is 1. The predicted octanol–water partition coefficient (Wildman–Crippen LogP) is 3.12. The molecule has 1 aromatic heterocycles. The zero-order chi connectivity index (χ0) is 18.5. The number of anilines is 1. The highest BCUT2D eigenvalue weighted by Gasteiger charge is 2.14. The van der Waals surface area contributed by atoms with Gasteiger partial charge in [-0.05, 0) is 24.3 Å². The minimum absolute atomic E-state index is 0.0145. The monoisotopic (exact) mass is 354 g/mol. The standard InChI is InChI=1S/C18H15FN4O3/c19-15-4-2-1-3-13(15)18(24)22-10-9-21-16-5-6-17(23(25)26)14-11-20-8-7-12(14)16/h1-8,11,21H,9-10H2,(H,22,24). The van der Waals surface area contributed by atoms with Crippen molar-refractivity contribution in [3.05, 3.63) is 76.4 Å². The SMILES string of the molecule is O=C(NCCNc1ccc([N+](=O)[O-])c2cnccc12)c1ccccc1F. The van der Waals surface area contributed by atoms with Crippen LogP contribution in [0.2, 0.25) is 0 Å². The van der Waals surface area contributed by atoms with Crippen molar-refractivity contribution in [2.75, 3.05) is 18.4 Å². The smallest absolute Gasteiger partial charge is 0.278 e. The van der Waals surface area contributed by atoms with Crippen molar-refractivity contribution in [2.24, 2.45) is 0 Å². The molecule has 2 aromatic carbocycles. The summed E-state index contributed by atoms with van der Waals surface area (Å²) in [5, 5.41) is 17.9. The van der Waals surface area contributed by atoms with Gasteiger partial charge in [0, 0.05) is 42.6 Å². The summed E-state index contributed by atoms with van der Waals surface area (Å²) in [6, 6.07) is 10.4. The van der Waals surface area contributed by atoms with Crippen molar-refractivity contribution in [3.63, 3.8) is 0 Å². The van der Waals surface area contributed by atoms with Crippen LogP contribution in [0.5, 0.6) is 0 Å². The van der Waals surface area contributed by atoms with Crippen LogP contribution in [0, 0.1) is 15.9 Å². The van der Waals surface area contributed by atoms with E-state index in [0.717, 1.165) is 0 Å². The van der Waals surface area contributed by atoms with Gasteiger partial charge in [0.15, 0.2) is 0 Å². The van der Waals surface area contributed by atoms with E-state index >= 15 is 0 Å². The van der Waals surface area contributed by atoms with E-state index < -0.39 is 16.6 Å². The molecule has 0 bridgehead atoms. The molecule has 26 heavy (non-hydrogen) atoms. The summed E-state index contributed by atoms with van der Waals surface area (Å²) in [4.78, 5) is 26.5. The first-order valence-electron chi connectivity index (χ1n) is 7.85. The minimum Gasteiger partial charge on any atom is -0.383 e. The molecule has 2 N–H and O–H groups in total. The first-order chi connectivity index (χ1) is 12.6. The van der Waals surface area contributed by atoms with Crippen LogP contribution in [0.1, 0.15) is 10.4 Å². The van der Waals surface area contributed by atoms with Crippen LogP contribution in [-0.4, -0.2) is 28.9 Å². The Morgan fingerprint density at radius 2 is 1.92 bits per heavy atom. The van der Waals surface area contributed by atoms with Crippen molar-refractivity contribution in [1.29, 1.82) is 0 Å². The number of amides is 1. The highest BCUT2D eigenvalue weighted by molar-refractivity contribution is 5.99. The van der Waals surface area contributed by atoms with Gasteiger partial charge in [-0.25, -0.2) is 4.39 Å². The van der Waals surface area contributed by atoms with E-state index in [1.165, 1.54) is 30.5 Å². The highest BCUT2D eigenvalue weighted by Crippen LogP contribution is 2.30. The molecular weight excluding hydrogens is 339 g/mol. The summed E-state index contributed by atoms with van der Waals surface area (Å²) in [6.45, 7) is 0.631. The molecule has 3 rings (SSSR count). The van der Waals surface area contributed by atoms with E-state index in [1.807, 2.05) is 0 Å². The van der Waals surface area contributed by atoms with Crippen molar-refractivity contribution < 1.29 is 14.1 Å². The fourth-order valence-electron chi connectivity index (χ4n) is 2.60. The molecule has 132 valence electrons. The summed E-state index contributed by atoms with van der Waals surface area (Å²) >= 11 is 0. The summed E-state index contributed by atoms with van der Waals surface area (Å²) in [5.41, 5.74) is 0.652. The third-order valence-corrected chi connectivity index (χ3v) is 3.84. The fourth-order valence-corrected chi connectivity index (χ4v) is 2.60. The molecule has 7 nitrogen and oxygen atoms in total. The van der Waals surface area contributed by atoms with Gasteiger partial charge in [0.1, 0.15) is 5.82 Å². The van der Waals surface area contributed by atoms with E-state index in [9.17, 15) is 19.3 Å². The lowest BCUT2D eigenvalue weighted by atomic mass is 10.1. The number of pyridine rings is 1. The Morgan fingerprint density at radius 1 is 1.12 bits per heavy atom. The summed E-state index contributed by atoms with van der Waals surface area (Å²) in [5.74, 6) is -1.07. The van der Waals surface area contributed by atoms with Crippen LogP contribution in [0.15, 0.2) is 54.9 Å². The summed E-state index contributed by atoms with van der Waals surface area (Å²) < 4.78 is 13.6. The van der Waals surface area contributed by atoms with Crippen molar-refractivity contribution in [2.45, 2.75) is 0 Å². The normalized spacial score (nSPS) is 10.5. The lowest BCUT2D eigenvalue weighted by Crippen LogP contribution is -2.29. The maximum absolute atomic E-state index is 13.6. The van der Waals surface area contributed by atoms with Gasteiger partial charge in [0.05, 0.1) is 15.9 Å². The van der Waals surface area contributed by atoms with Crippen molar-refractivity contribution in [3.8, 4) is 0 Å². The molecule has 8 heteroatoms. The molecule has 1 amide bonds. The van der Waals surface area contributed by atoms with Crippen molar-refractivity contribution >= 4 is 28.1 Å². The molecular formula is C18H15FN4O3. The number of halogens is 1. The number of aromatic nitrogens is 1. The molecule has 0 saturated heterocycles. The van der Waals surface area contributed by atoms with Crippen LogP contribution < -0.4 is 10.6 Å². The first-order valence-corrected chi connectivity index (χ1v) is 7.85. The molecule has 0 unspecified atom stereocenters. The lowest BCUT2D eigenvalue weighted by molar-refractivity contribution is -0.383. The van der Waals surface area contributed by atoms with Crippen LogP contribution in [0.25, 0.3) is 10.8 Å². The number of rotatable bonds is 6. The Labute approximate surface area is 148 Å². The Hall–Kier alpha value is -3.55. The number of nitrogens with zero attached hydrogens (tertiary/aromatic N) is 2. The van der Waals surface area contributed by atoms with Gasteiger partial charge in [0.2, 0.25) is 0 Å². The van der Waals surface area contributed by atoms with Gasteiger partial charge >= 0.3 is 0 Å². The Kier molecular flexibility index (Phi) is 5.02. The van der Waals surface area contributed by atoms with Crippen LogP contribution in [-0.2, 0) is 0 Å². The van der Waals surface area contributed by atoms with Crippen molar-refractivity contribution in [1.82, 2.24) is 10.3 Å². The van der Waals surface area contributed by atoms with Gasteiger partial charge < -0.3 is 10.6 Å². The Balaban J connectivity index is 1.66. The first kappa shape index (κ1) is 17.3. The number of nitro benzene ring substituents is 1. The number of carbonyl (C=O) groups excluding carboxylic acids is 1. The van der Waals surface area contributed by atoms with Gasteiger partial charge in [-0.2, -0.15) is 0 Å². The van der Waals surface area contributed by atoms with E-state index in [4.69, 9.17) is 0 Å². The molecule has 0 atom stereocenters. The molecule has 0 aliphatic rings. The number of fused-ring (bicyclic) bond motifs is 1. The molecule has 3 aromatic rings. The number of hydrogen-bond donors (Lipinski definition) is 2. The third kappa shape index (κ3) is 3.59. The van der Waals surface area contributed by atoms with Crippen LogP contribution >= 0.6 is 0 Å². The third-order valence-electron chi connectivity index (χ3n) is 3.84.